The Morgan fingerprint density at radius 1 is 1.20 bits per heavy atom. The predicted octanol–water partition coefficient (Wildman–Crippen LogP) is 0.651. The number of hydrogen-bond acceptors (Lipinski definition) is 4. The molecule has 0 saturated heterocycles. The minimum Gasteiger partial charge on any atom is -0.295 e. The SMILES string of the molecule is O=c1[nH]c(=O)n(Cc2ccc(F)cc2)cc1S(=O)(=O)Cl. The highest BCUT2D eigenvalue weighted by atomic mass is 35.7. The Morgan fingerprint density at radius 3 is 2.35 bits per heavy atom. The number of H-pyrrole nitrogens is 1. The number of halogens is 2. The molecule has 9 heteroatoms. The Kier molecular flexibility index (Phi) is 3.78. The molecule has 0 saturated carbocycles. The van der Waals surface area contributed by atoms with E-state index in [-0.39, 0.29) is 6.54 Å². The smallest absolute Gasteiger partial charge is 0.295 e. The van der Waals surface area contributed by atoms with E-state index in [9.17, 15) is 22.4 Å². The summed E-state index contributed by atoms with van der Waals surface area (Å²) < 4.78 is 36.1. The molecular weight excluding hydrogens is 311 g/mol. The van der Waals surface area contributed by atoms with E-state index in [1.165, 1.54) is 24.3 Å². The second-order valence-electron chi connectivity index (χ2n) is 3.94. The summed E-state index contributed by atoms with van der Waals surface area (Å²) >= 11 is 0. The molecule has 2 aromatic rings. The van der Waals surface area contributed by atoms with Crippen LogP contribution in [-0.2, 0) is 15.6 Å². The lowest BCUT2D eigenvalue weighted by atomic mass is 10.2. The topological polar surface area (TPSA) is 89.0 Å². The fourth-order valence-electron chi connectivity index (χ4n) is 1.57. The van der Waals surface area contributed by atoms with Crippen LogP contribution in [0.15, 0.2) is 44.9 Å². The average Bonchev–Trinajstić information content (AvgIpc) is 2.33. The zero-order valence-electron chi connectivity index (χ0n) is 9.84. The van der Waals surface area contributed by atoms with E-state index in [4.69, 9.17) is 10.7 Å². The third-order valence-corrected chi connectivity index (χ3v) is 3.82. The number of hydrogen-bond donors (Lipinski definition) is 1. The quantitative estimate of drug-likeness (QED) is 0.842. The molecule has 0 radical (unpaired) electrons. The first kappa shape index (κ1) is 14.5. The number of aromatic nitrogens is 2. The van der Waals surface area contributed by atoms with Crippen LogP contribution in [-0.4, -0.2) is 18.0 Å². The van der Waals surface area contributed by atoms with Gasteiger partial charge in [-0.3, -0.25) is 14.3 Å². The lowest BCUT2D eigenvalue weighted by Gasteiger charge is -2.06. The number of rotatable bonds is 3. The standard InChI is InChI=1S/C11H8ClFN2O4S/c12-20(18,19)9-6-15(11(17)14-10(9)16)5-7-1-3-8(13)4-2-7/h1-4,6H,5H2,(H,14,16,17). The van der Waals surface area contributed by atoms with Crippen molar-refractivity contribution in [3.8, 4) is 0 Å². The molecule has 1 aromatic heterocycles. The van der Waals surface area contributed by atoms with Crippen molar-refractivity contribution < 1.29 is 12.8 Å². The van der Waals surface area contributed by atoms with Crippen LogP contribution in [0.4, 0.5) is 4.39 Å². The van der Waals surface area contributed by atoms with Crippen LogP contribution >= 0.6 is 10.7 Å². The van der Waals surface area contributed by atoms with Gasteiger partial charge in [0.25, 0.3) is 14.6 Å². The van der Waals surface area contributed by atoms with Gasteiger partial charge in [0, 0.05) is 16.9 Å². The van der Waals surface area contributed by atoms with Gasteiger partial charge in [0.2, 0.25) is 0 Å². The summed E-state index contributed by atoms with van der Waals surface area (Å²) in [5, 5.41) is 0. The summed E-state index contributed by atoms with van der Waals surface area (Å²) in [5.74, 6) is -0.438. The van der Waals surface area contributed by atoms with Crippen molar-refractivity contribution in [3.63, 3.8) is 0 Å². The normalized spacial score (nSPS) is 11.5. The maximum atomic E-state index is 12.8. The molecule has 0 spiro atoms. The monoisotopic (exact) mass is 318 g/mol. The number of aromatic amines is 1. The average molecular weight is 319 g/mol. The highest BCUT2D eigenvalue weighted by Gasteiger charge is 2.17. The molecule has 0 unspecified atom stereocenters. The first-order valence-electron chi connectivity index (χ1n) is 5.30. The fourth-order valence-corrected chi connectivity index (χ4v) is 2.42. The first-order chi connectivity index (χ1) is 9.27. The van der Waals surface area contributed by atoms with E-state index in [1.54, 1.807) is 0 Å². The minimum absolute atomic E-state index is 0.0324. The van der Waals surface area contributed by atoms with Crippen molar-refractivity contribution >= 4 is 19.7 Å². The van der Waals surface area contributed by atoms with E-state index in [0.29, 0.717) is 5.56 Å². The highest BCUT2D eigenvalue weighted by Crippen LogP contribution is 2.09. The maximum absolute atomic E-state index is 12.8. The van der Waals surface area contributed by atoms with Gasteiger partial charge < -0.3 is 0 Å². The van der Waals surface area contributed by atoms with Crippen molar-refractivity contribution in [3.05, 3.63) is 62.7 Å². The van der Waals surface area contributed by atoms with Gasteiger partial charge in [-0.1, -0.05) is 12.1 Å². The van der Waals surface area contributed by atoms with E-state index < -0.39 is 31.0 Å². The molecule has 0 aliphatic heterocycles. The Morgan fingerprint density at radius 2 is 1.80 bits per heavy atom. The van der Waals surface area contributed by atoms with Crippen LogP contribution < -0.4 is 11.2 Å². The van der Waals surface area contributed by atoms with Gasteiger partial charge in [0.05, 0.1) is 6.54 Å². The Hall–Kier alpha value is -1.93. The van der Waals surface area contributed by atoms with E-state index in [0.717, 1.165) is 10.8 Å². The van der Waals surface area contributed by atoms with Crippen molar-refractivity contribution in [1.29, 1.82) is 0 Å². The molecule has 1 heterocycles. The molecule has 2 rings (SSSR count). The number of nitrogens with zero attached hydrogens (tertiary/aromatic N) is 1. The number of benzene rings is 1. The number of nitrogens with one attached hydrogen (secondary N) is 1. The van der Waals surface area contributed by atoms with Gasteiger partial charge >= 0.3 is 5.69 Å². The molecule has 6 nitrogen and oxygen atoms in total. The molecule has 0 atom stereocenters. The van der Waals surface area contributed by atoms with Crippen LogP contribution in [0.3, 0.4) is 0 Å². The molecule has 0 fully saturated rings. The Labute approximate surface area is 116 Å². The lowest BCUT2D eigenvalue weighted by Crippen LogP contribution is -2.32. The zero-order valence-corrected chi connectivity index (χ0v) is 11.4. The van der Waals surface area contributed by atoms with Crippen molar-refractivity contribution in [1.82, 2.24) is 9.55 Å². The van der Waals surface area contributed by atoms with E-state index in [2.05, 4.69) is 0 Å². The molecule has 0 aliphatic carbocycles. The van der Waals surface area contributed by atoms with Crippen molar-refractivity contribution in [2.45, 2.75) is 11.4 Å². The molecule has 0 bridgehead atoms. The minimum atomic E-state index is -4.26. The molecule has 20 heavy (non-hydrogen) atoms. The molecule has 1 N–H and O–H groups in total. The van der Waals surface area contributed by atoms with E-state index in [1.807, 2.05) is 4.98 Å². The highest BCUT2D eigenvalue weighted by molar-refractivity contribution is 8.13. The fraction of sp³-hybridized carbons (Fsp3) is 0.0909. The Bertz CT molecular complexity index is 855. The lowest BCUT2D eigenvalue weighted by molar-refractivity contribution is 0.603. The van der Waals surface area contributed by atoms with Gasteiger partial charge in [-0.05, 0) is 17.7 Å². The van der Waals surface area contributed by atoms with Crippen LogP contribution in [0.2, 0.25) is 0 Å². The Balaban J connectivity index is 2.50. The third-order valence-electron chi connectivity index (χ3n) is 2.51. The van der Waals surface area contributed by atoms with Gasteiger partial charge in [0.1, 0.15) is 5.82 Å². The maximum Gasteiger partial charge on any atom is 0.328 e. The molecule has 0 aliphatic rings. The van der Waals surface area contributed by atoms with Crippen molar-refractivity contribution in [2.75, 3.05) is 0 Å². The molecular formula is C11H8ClFN2O4S. The predicted molar refractivity (Wildman–Crippen MR) is 69.9 cm³/mol. The van der Waals surface area contributed by atoms with Gasteiger partial charge in [-0.15, -0.1) is 0 Å². The van der Waals surface area contributed by atoms with Gasteiger partial charge in [0.15, 0.2) is 4.90 Å². The summed E-state index contributed by atoms with van der Waals surface area (Å²) in [4.78, 5) is 24.1. The largest absolute Gasteiger partial charge is 0.328 e. The molecule has 106 valence electrons. The third kappa shape index (κ3) is 3.14. The second kappa shape index (κ2) is 5.22. The first-order valence-corrected chi connectivity index (χ1v) is 7.61. The second-order valence-corrected chi connectivity index (χ2v) is 6.48. The summed E-state index contributed by atoms with van der Waals surface area (Å²) in [6, 6.07) is 5.26. The summed E-state index contributed by atoms with van der Waals surface area (Å²) in [6.07, 6.45) is 0.854. The van der Waals surface area contributed by atoms with E-state index >= 15 is 0 Å². The summed E-state index contributed by atoms with van der Waals surface area (Å²) in [5.41, 5.74) is -1.32. The van der Waals surface area contributed by atoms with Crippen LogP contribution in [0, 0.1) is 5.82 Å². The van der Waals surface area contributed by atoms with Crippen LogP contribution in [0.1, 0.15) is 5.56 Å². The summed E-state index contributed by atoms with van der Waals surface area (Å²) in [6.45, 7) is -0.0324. The van der Waals surface area contributed by atoms with Crippen LogP contribution in [0.5, 0.6) is 0 Å². The van der Waals surface area contributed by atoms with Gasteiger partial charge in [-0.2, -0.15) is 0 Å². The molecule has 0 amide bonds. The zero-order chi connectivity index (χ0) is 14.9. The van der Waals surface area contributed by atoms with Gasteiger partial charge in [-0.25, -0.2) is 17.6 Å². The molecule has 1 aromatic carbocycles. The van der Waals surface area contributed by atoms with Crippen molar-refractivity contribution in [2.24, 2.45) is 0 Å². The summed E-state index contributed by atoms with van der Waals surface area (Å²) in [7, 11) is 0.836. The van der Waals surface area contributed by atoms with Crippen LogP contribution in [0.25, 0.3) is 0 Å².